The number of piperidine rings is 2. The lowest BCUT2D eigenvalue weighted by Gasteiger charge is -2.43. The van der Waals surface area contributed by atoms with Crippen LogP contribution in [0.5, 0.6) is 0 Å². The number of pyridine rings is 1. The van der Waals surface area contributed by atoms with E-state index in [1.54, 1.807) is 17.3 Å². The number of anilines is 1. The van der Waals surface area contributed by atoms with Crippen molar-refractivity contribution in [2.24, 2.45) is 5.92 Å². The van der Waals surface area contributed by atoms with Crippen LogP contribution in [0.15, 0.2) is 43.0 Å². The van der Waals surface area contributed by atoms with Crippen molar-refractivity contribution >= 4 is 39.3 Å². The molecule has 2 aliphatic rings. The summed E-state index contributed by atoms with van der Waals surface area (Å²) >= 11 is 0. The van der Waals surface area contributed by atoms with E-state index in [0.29, 0.717) is 29.7 Å². The van der Waals surface area contributed by atoms with Gasteiger partial charge < -0.3 is 15.1 Å². The fourth-order valence-corrected chi connectivity index (χ4v) is 6.15. The molecule has 39 heavy (non-hydrogen) atoms. The third kappa shape index (κ3) is 4.78. The van der Waals surface area contributed by atoms with E-state index in [-0.39, 0.29) is 11.6 Å². The van der Waals surface area contributed by atoms with Gasteiger partial charge in [-0.25, -0.2) is 0 Å². The first-order valence-corrected chi connectivity index (χ1v) is 13.8. The summed E-state index contributed by atoms with van der Waals surface area (Å²) in [6.07, 6.45) is 10.9. The quantitative estimate of drug-likeness (QED) is 0.384. The standard InChI is InChI=1S/C29H36N8O2/c1-18-5-8-25(36(16-18)28(39)27(38)32-24-15-30-13-21-14-31-33-26(21)24)19-6-7-23-20(11-19)17-37(34-23)22-9-10-35(4)29(2,3)12-22/h6-7,11,13-15,17-18,22,25H,5,8-10,12,16H2,1-4H3,(H,31,33)(H,32,38)/t18-,22-,25+/m0/s1. The van der Waals surface area contributed by atoms with E-state index in [4.69, 9.17) is 5.10 Å². The Bertz CT molecular complexity index is 1540. The fraction of sp³-hybridized carbons (Fsp3) is 0.483. The SMILES string of the molecule is C[C@H]1CC[C@H](c2ccc3nn([C@H]4CCN(C)C(C)(C)C4)cc3c2)N(C(=O)C(=O)Nc2cncc3cn[nH]c23)C1. The third-order valence-electron chi connectivity index (χ3n) is 8.75. The average molecular weight is 529 g/mol. The molecule has 6 rings (SSSR count). The first kappa shape index (κ1) is 25.5. The molecule has 4 aromatic rings. The molecular formula is C29H36N8O2. The molecule has 0 bridgehead atoms. The largest absolute Gasteiger partial charge is 0.327 e. The topological polar surface area (TPSA) is 112 Å². The highest BCUT2D eigenvalue weighted by atomic mass is 16.2. The van der Waals surface area contributed by atoms with E-state index >= 15 is 0 Å². The summed E-state index contributed by atoms with van der Waals surface area (Å²) in [5, 5.41) is 16.4. The summed E-state index contributed by atoms with van der Waals surface area (Å²) in [7, 11) is 2.19. The zero-order valence-electron chi connectivity index (χ0n) is 23.0. The normalized spacial score (nSPS) is 23.8. The molecular weight excluding hydrogens is 492 g/mol. The molecule has 2 N–H and O–H groups in total. The number of nitrogens with one attached hydrogen (secondary N) is 2. The number of likely N-dealkylation sites (tertiary alicyclic amines) is 2. The van der Waals surface area contributed by atoms with Gasteiger partial charge in [-0.05, 0) is 70.2 Å². The zero-order chi connectivity index (χ0) is 27.3. The van der Waals surface area contributed by atoms with Gasteiger partial charge in [-0.1, -0.05) is 13.0 Å². The summed E-state index contributed by atoms with van der Waals surface area (Å²) < 4.78 is 2.13. The van der Waals surface area contributed by atoms with Gasteiger partial charge in [0.15, 0.2) is 0 Å². The maximum Gasteiger partial charge on any atom is 0.314 e. The van der Waals surface area contributed by atoms with Gasteiger partial charge in [-0.3, -0.25) is 24.4 Å². The molecule has 2 amide bonds. The van der Waals surface area contributed by atoms with E-state index in [1.165, 1.54) is 6.20 Å². The average Bonchev–Trinajstić information content (AvgIpc) is 3.57. The van der Waals surface area contributed by atoms with Crippen LogP contribution in [-0.2, 0) is 9.59 Å². The summed E-state index contributed by atoms with van der Waals surface area (Å²) in [6.45, 7) is 8.28. The number of carbonyl (C=O) groups excluding carboxylic acids is 2. The molecule has 3 atom stereocenters. The second-order valence-corrected chi connectivity index (χ2v) is 11.9. The number of H-pyrrole nitrogens is 1. The van der Waals surface area contributed by atoms with E-state index in [0.717, 1.165) is 54.1 Å². The molecule has 2 fully saturated rings. The molecule has 5 heterocycles. The monoisotopic (exact) mass is 528 g/mol. The Morgan fingerprint density at radius 2 is 1.95 bits per heavy atom. The molecule has 0 aliphatic carbocycles. The highest BCUT2D eigenvalue weighted by Gasteiger charge is 2.36. The number of nitrogens with zero attached hydrogens (tertiary/aromatic N) is 6. The molecule has 3 aromatic heterocycles. The van der Waals surface area contributed by atoms with Crippen LogP contribution in [0.4, 0.5) is 5.69 Å². The van der Waals surface area contributed by atoms with Crippen LogP contribution < -0.4 is 5.32 Å². The second-order valence-electron chi connectivity index (χ2n) is 11.9. The number of hydrogen-bond donors (Lipinski definition) is 2. The van der Waals surface area contributed by atoms with Gasteiger partial charge in [0.05, 0.1) is 41.2 Å². The molecule has 0 radical (unpaired) electrons. The zero-order valence-corrected chi connectivity index (χ0v) is 23.0. The number of aromatic amines is 1. The predicted molar refractivity (Wildman–Crippen MR) is 150 cm³/mol. The van der Waals surface area contributed by atoms with Crippen molar-refractivity contribution < 1.29 is 9.59 Å². The van der Waals surface area contributed by atoms with Crippen molar-refractivity contribution in [2.75, 3.05) is 25.5 Å². The molecule has 1 aromatic carbocycles. The van der Waals surface area contributed by atoms with Gasteiger partial charge in [0.25, 0.3) is 0 Å². The Labute approximate surface area is 227 Å². The fourth-order valence-electron chi connectivity index (χ4n) is 6.15. The second kappa shape index (κ2) is 9.75. The molecule has 2 aliphatic heterocycles. The van der Waals surface area contributed by atoms with Crippen molar-refractivity contribution in [3.8, 4) is 0 Å². The smallest absolute Gasteiger partial charge is 0.314 e. The van der Waals surface area contributed by atoms with Crippen molar-refractivity contribution in [2.45, 2.75) is 64.1 Å². The number of fused-ring (bicyclic) bond motifs is 2. The Morgan fingerprint density at radius 1 is 1.10 bits per heavy atom. The van der Waals surface area contributed by atoms with Crippen LogP contribution in [0, 0.1) is 5.92 Å². The maximum absolute atomic E-state index is 13.5. The molecule has 2 saturated heterocycles. The lowest BCUT2D eigenvalue weighted by atomic mass is 9.87. The number of benzene rings is 1. The first-order valence-electron chi connectivity index (χ1n) is 13.8. The predicted octanol–water partition coefficient (Wildman–Crippen LogP) is 4.29. The van der Waals surface area contributed by atoms with Gasteiger partial charge in [-0.15, -0.1) is 0 Å². The van der Waals surface area contributed by atoms with Crippen molar-refractivity contribution in [3.63, 3.8) is 0 Å². The molecule has 204 valence electrons. The number of carbonyl (C=O) groups is 2. The lowest BCUT2D eigenvalue weighted by Crippen LogP contribution is -2.47. The maximum atomic E-state index is 13.5. The van der Waals surface area contributed by atoms with E-state index < -0.39 is 11.8 Å². The van der Waals surface area contributed by atoms with Crippen LogP contribution in [0.25, 0.3) is 21.8 Å². The Morgan fingerprint density at radius 3 is 2.77 bits per heavy atom. The molecule has 0 saturated carbocycles. The number of amides is 2. The summed E-state index contributed by atoms with van der Waals surface area (Å²) in [5.41, 5.74) is 3.21. The van der Waals surface area contributed by atoms with Crippen LogP contribution in [0.3, 0.4) is 0 Å². The Hall–Kier alpha value is -3.79. The van der Waals surface area contributed by atoms with Crippen molar-refractivity contribution in [1.82, 2.24) is 34.8 Å². The van der Waals surface area contributed by atoms with Gasteiger partial charge >= 0.3 is 11.8 Å². The van der Waals surface area contributed by atoms with Gasteiger partial charge in [0.1, 0.15) is 0 Å². The minimum atomic E-state index is -0.670. The van der Waals surface area contributed by atoms with Gasteiger partial charge in [-0.2, -0.15) is 10.2 Å². The molecule has 10 nitrogen and oxygen atoms in total. The van der Waals surface area contributed by atoms with Gasteiger partial charge in [0, 0.05) is 41.8 Å². The minimum absolute atomic E-state index is 0.130. The molecule has 0 unspecified atom stereocenters. The van der Waals surface area contributed by atoms with Crippen LogP contribution in [-0.4, -0.2) is 72.3 Å². The molecule has 10 heteroatoms. The van der Waals surface area contributed by atoms with E-state index in [2.05, 4.69) is 76.2 Å². The number of rotatable bonds is 3. The van der Waals surface area contributed by atoms with E-state index in [9.17, 15) is 9.59 Å². The minimum Gasteiger partial charge on any atom is -0.327 e. The summed E-state index contributed by atoms with van der Waals surface area (Å²) in [6, 6.07) is 6.44. The van der Waals surface area contributed by atoms with Crippen molar-refractivity contribution in [1.29, 1.82) is 0 Å². The highest BCUT2D eigenvalue weighted by Crippen LogP contribution is 2.37. The number of aromatic nitrogens is 5. The summed E-state index contributed by atoms with van der Waals surface area (Å²) in [5.74, 6) is -0.890. The van der Waals surface area contributed by atoms with Crippen LogP contribution in [0.2, 0.25) is 0 Å². The third-order valence-corrected chi connectivity index (χ3v) is 8.75. The first-order chi connectivity index (χ1) is 18.7. The van der Waals surface area contributed by atoms with Crippen LogP contribution >= 0.6 is 0 Å². The number of hydrogen-bond acceptors (Lipinski definition) is 6. The van der Waals surface area contributed by atoms with Crippen LogP contribution in [0.1, 0.15) is 64.1 Å². The highest BCUT2D eigenvalue weighted by molar-refractivity contribution is 6.40. The lowest BCUT2D eigenvalue weighted by molar-refractivity contribution is -0.146. The Kier molecular flexibility index (Phi) is 6.37. The summed E-state index contributed by atoms with van der Waals surface area (Å²) in [4.78, 5) is 35.0. The Balaban J connectivity index is 1.24. The van der Waals surface area contributed by atoms with Gasteiger partial charge in [0.2, 0.25) is 0 Å². The molecule has 0 spiro atoms. The van der Waals surface area contributed by atoms with E-state index in [1.807, 2.05) is 6.07 Å². The van der Waals surface area contributed by atoms with Crippen molar-refractivity contribution in [3.05, 3.63) is 48.5 Å².